The van der Waals surface area contributed by atoms with E-state index in [-0.39, 0.29) is 39.7 Å². The van der Waals surface area contributed by atoms with Gasteiger partial charge in [0.15, 0.2) is 0 Å². The molecule has 0 bridgehead atoms. The van der Waals surface area contributed by atoms with Crippen molar-refractivity contribution >= 4 is 39.4 Å². The smallest absolute Gasteiger partial charge is 0.378 e. The number of imidazole rings is 1. The summed E-state index contributed by atoms with van der Waals surface area (Å²) in [7, 11) is 0. The van der Waals surface area contributed by atoms with Crippen molar-refractivity contribution in [3.05, 3.63) is 32.7 Å². The number of nitrogens with zero attached hydrogens (tertiary/aromatic N) is 2. The van der Waals surface area contributed by atoms with Gasteiger partial charge in [0, 0.05) is 35.7 Å². The number of hydrogen-bond donors (Lipinski definition) is 1. The summed E-state index contributed by atoms with van der Waals surface area (Å²) >= 11 is 3.04. The van der Waals surface area contributed by atoms with Crippen molar-refractivity contribution in [2.45, 2.75) is 82.7 Å². The first kappa shape index (κ1) is 26.6. The molecule has 1 N–H and O–H groups in total. The first-order valence-corrected chi connectivity index (χ1v) is 12.3. The number of halogens is 5. The molecule has 1 aromatic carbocycles. The summed E-state index contributed by atoms with van der Waals surface area (Å²) in [6.45, 7) is 7.04. The minimum Gasteiger partial charge on any atom is -0.378 e. The van der Waals surface area contributed by atoms with Crippen molar-refractivity contribution in [3.8, 4) is 0 Å². The fourth-order valence-corrected chi connectivity index (χ4v) is 5.93. The van der Waals surface area contributed by atoms with Crippen LogP contribution in [0, 0.1) is 0 Å². The quantitative estimate of drug-likeness (QED) is 0.472. The summed E-state index contributed by atoms with van der Waals surface area (Å²) in [6.07, 6.45) is 2.90. The fraction of sp³-hybridized carbons (Fsp3) is 0.696. The van der Waals surface area contributed by atoms with Gasteiger partial charge in [-0.05, 0) is 64.0 Å². The Kier molecular flexibility index (Phi) is 8.29. The second kappa shape index (κ2) is 10.3. The lowest BCUT2D eigenvalue weighted by Crippen LogP contribution is -2.53. The van der Waals surface area contributed by atoms with Crippen LogP contribution in [-0.2, 0) is 10.9 Å². The number of aromatic amines is 1. The molecule has 1 aliphatic carbocycles. The average Bonchev–Trinajstić information content (AvgIpc) is 3.07. The lowest BCUT2D eigenvalue weighted by molar-refractivity contribution is -0.138. The molecule has 2 aliphatic rings. The molecule has 1 aromatic heterocycles. The number of benzene rings is 1. The standard InChI is InChI=1S/C23H31BrF3N3O2.ClH/c1-3-12-32-16-4-8-22(2,9-5-16)29-10-6-15(7-11-29)30-20-14-18(24)17(23(25,26)27)13-19(20)28-21(30)31;/h13-16H,3-12H2,1-2H3,(H,28,31);1H. The van der Waals surface area contributed by atoms with Gasteiger partial charge in [-0.2, -0.15) is 13.2 Å². The molecular weight excluding hydrogens is 523 g/mol. The Hall–Kier alpha value is -1.03. The largest absolute Gasteiger partial charge is 0.417 e. The normalized spacial score (nSPS) is 25.3. The van der Waals surface area contributed by atoms with E-state index in [0.717, 1.165) is 70.7 Å². The van der Waals surface area contributed by atoms with Crippen molar-refractivity contribution in [3.63, 3.8) is 0 Å². The summed E-state index contributed by atoms with van der Waals surface area (Å²) in [5.41, 5.74) is -0.227. The molecule has 10 heteroatoms. The van der Waals surface area contributed by atoms with E-state index in [1.165, 1.54) is 6.07 Å². The highest BCUT2D eigenvalue weighted by Gasteiger charge is 2.39. The van der Waals surface area contributed by atoms with Crippen molar-refractivity contribution in [2.75, 3.05) is 19.7 Å². The third-order valence-corrected chi connectivity index (χ3v) is 7.93. The Morgan fingerprint density at radius 3 is 2.39 bits per heavy atom. The van der Waals surface area contributed by atoms with Crippen LogP contribution in [0.1, 0.15) is 70.4 Å². The highest BCUT2D eigenvalue weighted by molar-refractivity contribution is 9.10. The molecule has 5 nitrogen and oxygen atoms in total. The Morgan fingerprint density at radius 2 is 1.82 bits per heavy atom. The molecule has 2 heterocycles. The third-order valence-electron chi connectivity index (χ3n) is 7.27. The van der Waals surface area contributed by atoms with E-state index in [1.807, 2.05) is 0 Å². The van der Waals surface area contributed by atoms with Gasteiger partial charge in [0.25, 0.3) is 0 Å². The molecule has 0 atom stereocenters. The van der Waals surface area contributed by atoms with E-state index in [1.54, 1.807) is 4.57 Å². The molecule has 33 heavy (non-hydrogen) atoms. The lowest BCUT2D eigenvalue weighted by Gasteiger charge is -2.48. The van der Waals surface area contributed by atoms with Crippen LogP contribution in [0.25, 0.3) is 11.0 Å². The van der Waals surface area contributed by atoms with Crippen molar-refractivity contribution in [1.29, 1.82) is 0 Å². The van der Waals surface area contributed by atoms with E-state index in [2.05, 4.69) is 39.7 Å². The maximum absolute atomic E-state index is 13.2. The van der Waals surface area contributed by atoms with E-state index in [9.17, 15) is 18.0 Å². The van der Waals surface area contributed by atoms with Crippen LogP contribution in [0.4, 0.5) is 13.2 Å². The molecule has 0 unspecified atom stereocenters. The van der Waals surface area contributed by atoms with Crippen LogP contribution in [0.2, 0.25) is 0 Å². The van der Waals surface area contributed by atoms with Gasteiger partial charge in [0.1, 0.15) is 0 Å². The predicted octanol–water partition coefficient (Wildman–Crippen LogP) is 6.30. The van der Waals surface area contributed by atoms with Crippen LogP contribution < -0.4 is 5.69 Å². The van der Waals surface area contributed by atoms with Gasteiger partial charge in [0.05, 0.1) is 22.7 Å². The van der Waals surface area contributed by atoms with Crippen molar-refractivity contribution in [1.82, 2.24) is 14.5 Å². The summed E-state index contributed by atoms with van der Waals surface area (Å²) in [5.74, 6) is 0. The van der Waals surface area contributed by atoms with Crippen LogP contribution in [0.3, 0.4) is 0 Å². The Bertz CT molecular complexity index is 1010. The molecule has 1 aliphatic heterocycles. The van der Waals surface area contributed by atoms with E-state index in [4.69, 9.17) is 4.74 Å². The monoisotopic (exact) mass is 553 g/mol. The van der Waals surface area contributed by atoms with E-state index in [0.29, 0.717) is 11.6 Å². The van der Waals surface area contributed by atoms with Gasteiger partial charge in [-0.3, -0.25) is 9.47 Å². The molecule has 186 valence electrons. The summed E-state index contributed by atoms with van der Waals surface area (Å²) in [4.78, 5) is 17.8. The van der Waals surface area contributed by atoms with Crippen LogP contribution in [0.5, 0.6) is 0 Å². The van der Waals surface area contributed by atoms with E-state index >= 15 is 0 Å². The van der Waals surface area contributed by atoms with E-state index < -0.39 is 11.7 Å². The number of piperidine rings is 1. The fourth-order valence-electron chi connectivity index (χ4n) is 5.37. The molecule has 1 saturated heterocycles. The molecule has 2 fully saturated rings. The Morgan fingerprint density at radius 1 is 1.18 bits per heavy atom. The number of fused-ring (bicyclic) bond motifs is 1. The zero-order chi connectivity index (χ0) is 23.1. The second-order valence-electron chi connectivity index (χ2n) is 9.43. The topological polar surface area (TPSA) is 50.3 Å². The number of rotatable bonds is 5. The SMILES string of the molecule is CCCOC1CCC(C)(N2CCC(n3c(=O)[nH]c4cc(C(F)(F)F)c(Br)cc43)CC2)CC1.Cl. The molecule has 4 rings (SSSR count). The van der Waals surface area contributed by atoms with Gasteiger partial charge in [-0.15, -0.1) is 12.4 Å². The number of aromatic nitrogens is 2. The number of alkyl halides is 3. The molecule has 0 amide bonds. The second-order valence-corrected chi connectivity index (χ2v) is 10.3. The molecule has 1 saturated carbocycles. The molecule has 0 spiro atoms. The maximum atomic E-state index is 13.2. The Labute approximate surface area is 206 Å². The highest BCUT2D eigenvalue weighted by Crippen LogP contribution is 2.40. The third kappa shape index (κ3) is 5.46. The minimum absolute atomic E-state index is 0. The van der Waals surface area contributed by atoms with Crippen molar-refractivity contribution < 1.29 is 17.9 Å². The molecule has 2 aromatic rings. The number of nitrogens with one attached hydrogen (secondary N) is 1. The summed E-state index contributed by atoms with van der Waals surface area (Å²) < 4.78 is 47.3. The number of ether oxygens (including phenoxy) is 1. The van der Waals surface area contributed by atoms with Crippen molar-refractivity contribution in [2.24, 2.45) is 0 Å². The van der Waals surface area contributed by atoms with Gasteiger partial charge >= 0.3 is 11.9 Å². The average molecular weight is 555 g/mol. The zero-order valence-corrected chi connectivity index (χ0v) is 21.4. The van der Waals surface area contributed by atoms with Crippen LogP contribution in [-0.4, -0.2) is 45.8 Å². The summed E-state index contributed by atoms with van der Waals surface area (Å²) in [5, 5.41) is 0. The Balaban J connectivity index is 0.00000306. The number of hydrogen-bond acceptors (Lipinski definition) is 3. The minimum atomic E-state index is -4.48. The van der Waals surface area contributed by atoms with Gasteiger partial charge in [-0.25, -0.2) is 4.79 Å². The predicted molar refractivity (Wildman–Crippen MR) is 129 cm³/mol. The van der Waals surface area contributed by atoms with Gasteiger partial charge in [0.2, 0.25) is 0 Å². The lowest BCUT2D eigenvalue weighted by atomic mass is 9.79. The first-order chi connectivity index (χ1) is 15.1. The summed E-state index contributed by atoms with van der Waals surface area (Å²) in [6, 6.07) is 2.41. The zero-order valence-electron chi connectivity index (χ0n) is 19.0. The maximum Gasteiger partial charge on any atom is 0.417 e. The molecular formula is C23H32BrClF3N3O2. The van der Waals surface area contributed by atoms with Gasteiger partial charge < -0.3 is 9.72 Å². The number of likely N-dealkylation sites (tertiary alicyclic amines) is 1. The number of H-pyrrole nitrogens is 1. The highest BCUT2D eigenvalue weighted by atomic mass is 79.9. The van der Waals surface area contributed by atoms with Crippen LogP contribution >= 0.6 is 28.3 Å². The molecule has 0 radical (unpaired) electrons. The van der Waals surface area contributed by atoms with Crippen LogP contribution in [0.15, 0.2) is 21.4 Å². The first-order valence-electron chi connectivity index (χ1n) is 11.5. The van der Waals surface area contributed by atoms with Gasteiger partial charge in [-0.1, -0.05) is 22.9 Å².